The maximum absolute atomic E-state index is 7.86. The number of aromatic nitrogens is 4. The summed E-state index contributed by atoms with van der Waals surface area (Å²) >= 11 is 2.79. The van der Waals surface area contributed by atoms with E-state index in [2.05, 4.69) is 23.8 Å². The Balaban J connectivity index is 1.78. The summed E-state index contributed by atoms with van der Waals surface area (Å²) in [5, 5.41) is 9.13. The van der Waals surface area contributed by atoms with E-state index in [0.29, 0.717) is 5.82 Å². The lowest BCUT2D eigenvalue weighted by Gasteiger charge is -2.23. The largest absolute Gasteiger partial charge is 0.306 e. The number of nitrogens with one attached hydrogen (secondary N) is 1. The zero-order valence-corrected chi connectivity index (χ0v) is 14.4. The maximum Gasteiger partial charge on any atom is 0.277 e. The molecular weight excluding hydrogens is 352 g/mol. The fourth-order valence-corrected chi connectivity index (χ4v) is 4.60. The Morgan fingerprint density at radius 3 is 2.92 bits per heavy atom. The first-order valence-electron chi connectivity index (χ1n) is 7.60. The van der Waals surface area contributed by atoms with Gasteiger partial charge in [0.05, 0.1) is 28.7 Å². The van der Waals surface area contributed by atoms with Gasteiger partial charge in [0.25, 0.3) is 6.04 Å². The van der Waals surface area contributed by atoms with Crippen LogP contribution in [0.15, 0.2) is 46.9 Å². The summed E-state index contributed by atoms with van der Waals surface area (Å²) in [4.78, 5) is 9.67. The molecule has 0 fully saturated rings. The van der Waals surface area contributed by atoms with E-state index in [9.17, 15) is 0 Å². The highest BCUT2D eigenvalue weighted by Crippen LogP contribution is 2.42. The van der Waals surface area contributed by atoms with Gasteiger partial charge in [-0.2, -0.15) is 13.8 Å². The number of hydrogen-bond acceptors (Lipinski definition) is 6. The summed E-state index contributed by atoms with van der Waals surface area (Å²) in [7, 11) is 0. The molecule has 0 bridgehead atoms. The minimum atomic E-state index is -0.420. The van der Waals surface area contributed by atoms with Gasteiger partial charge in [0.2, 0.25) is 0 Å². The molecule has 25 heavy (non-hydrogen) atoms. The maximum atomic E-state index is 7.86. The Hall–Kier alpha value is -2.89. The van der Waals surface area contributed by atoms with Gasteiger partial charge in [-0.15, -0.1) is 11.3 Å². The topological polar surface area (TPSA) is 71.2 Å². The van der Waals surface area contributed by atoms with E-state index >= 15 is 0 Å². The molecule has 0 saturated carbocycles. The fraction of sp³-hybridized carbons (Fsp3) is 0.118. The van der Waals surface area contributed by atoms with Crippen LogP contribution in [0.1, 0.15) is 21.9 Å². The van der Waals surface area contributed by atoms with Gasteiger partial charge < -0.3 is 4.85 Å². The van der Waals surface area contributed by atoms with E-state index in [4.69, 9.17) is 11.6 Å². The van der Waals surface area contributed by atoms with Gasteiger partial charge in [0.1, 0.15) is 16.7 Å². The van der Waals surface area contributed by atoms with Crippen molar-refractivity contribution >= 4 is 45.6 Å². The number of benzene rings is 1. The van der Waals surface area contributed by atoms with Crippen LogP contribution in [0, 0.1) is 6.57 Å². The van der Waals surface area contributed by atoms with Crippen LogP contribution < -0.4 is 0 Å². The van der Waals surface area contributed by atoms with Gasteiger partial charge in [-0.1, -0.05) is 18.2 Å². The minimum Gasteiger partial charge on any atom is -0.306 e. The van der Waals surface area contributed by atoms with E-state index in [1.165, 1.54) is 11.7 Å². The third-order valence-electron chi connectivity index (χ3n) is 4.38. The highest BCUT2D eigenvalue weighted by Gasteiger charge is 2.42. The van der Waals surface area contributed by atoms with Gasteiger partial charge in [0, 0.05) is 5.56 Å². The lowest BCUT2D eigenvalue weighted by molar-refractivity contribution is 0.800. The third kappa shape index (κ3) is 2.13. The van der Waals surface area contributed by atoms with Crippen LogP contribution in [0.2, 0.25) is 0 Å². The summed E-state index contributed by atoms with van der Waals surface area (Å²) in [6.07, 6.45) is 1.77. The molecular formula is C17H10N6S2. The number of hydrogen-bond donors (Lipinski definition) is 1. The average Bonchev–Trinajstić information content (AvgIpc) is 3.40. The normalized spacial score (nSPS) is 19.4. The average molecular weight is 362 g/mol. The fourth-order valence-electron chi connectivity index (χ4n) is 3.30. The molecule has 0 amide bonds. The van der Waals surface area contributed by atoms with Crippen molar-refractivity contribution in [2.45, 2.75) is 12.0 Å². The molecule has 4 aromatic rings. The summed E-state index contributed by atoms with van der Waals surface area (Å²) in [6.45, 7) is 7.86. The molecule has 4 heterocycles. The molecule has 2 atom stereocenters. The molecule has 5 rings (SSSR count). The molecule has 2 unspecified atom stereocenters. The second-order valence-electron chi connectivity index (χ2n) is 5.68. The van der Waals surface area contributed by atoms with Gasteiger partial charge in [-0.05, 0) is 23.1 Å². The predicted molar refractivity (Wildman–Crippen MR) is 98.8 cm³/mol. The Morgan fingerprint density at radius 1 is 1.12 bits per heavy atom. The molecule has 1 aliphatic heterocycles. The van der Waals surface area contributed by atoms with Gasteiger partial charge in [-0.25, -0.2) is 11.6 Å². The molecule has 0 spiro atoms. The van der Waals surface area contributed by atoms with Crippen LogP contribution in [0.3, 0.4) is 0 Å². The highest BCUT2D eigenvalue weighted by atomic mass is 32.1. The number of fused-ring (bicyclic) bond motifs is 2. The smallest absolute Gasteiger partial charge is 0.277 e. The SMILES string of the molecule is [C-]#[N+]C1C(c2cccs2)=Nc2[nH]ncc2C1c1cccc2nsnc12. The first-order chi connectivity index (χ1) is 12.4. The number of H-pyrrole nitrogens is 1. The molecule has 6 nitrogen and oxygen atoms in total. The lowest BCUT2D eigenvalue weighted by Crippen LogP contribution is -2.29. The summed E-state index contributed by atoms with van der Waals surface area (Å²) in [5.41, 5.74) is 4.43. The van der Waals surface area contributed by atoms with Crippen LogP contribution in [0.4, 0.5) is 5.82 Å². The van der Waals surface area contributed by atoms with Crippen molar-refractivity contribution in [3.63, 3.8) is 0 Å². The van der Waals surface area contributed by atoms with E-state index in [-0.39, 0.29) is 5.92 Å². The second-order valence-corrected chi connectivity index (χ2v) is 7.16. The number of aliphatic imine (C=N–C) groups is 1. The van der Waals surface area contributed by atoms with E-state index in [0.717, 1.165) is 32.7 Å². The molecule has 3 aromatic heterocycles. The van der Waals surface area contributed by atoms with Crippen LogP contribution >= 0.6 is 23.1 Å². The van der Waals surface area contributed by atoms with E-state index in [1.54, 1.807) is 17.5 Å². The number of thiophene rings is 1. The quantitative estimate of drug-likeness (QED) is 0.547. The van der Waals surface area contributed by atoms with Crippen LogP contribution in [0.25, 0.3) is 15.9 Å². The molecule has 8 heteroatoms. The highest BCUT2D eigenvalue weighted by molar-refractivity contribution is 7.12. The van der Waals surface area contributed by atoms with Crippen molar-refractivity contribution in [1.82, 2.24) is 18.9 Å². The Labute approximate surface area is 151 Å². The first kappa shape index (κ1) is 14.5. The van der Waals surface area contributed by atoms with E-state index in [1.807, 2.05) is 35.7 Å². The minimum absolute atomic E-state index is 0.173. The summed E-state index contributed by atoms with van der Waals surface area (Å²) in [6, 6.07) is 9.51. The number of rotatable bonds is 2. The number of nitrogens with zero attached hydrogens (tertiary/aromatic N) is 5. The summed E-state index contributed by atoms with van der Waals surface area (Å²) in [5.74, 6) is 0.543. The number of aromatic amines is 1. The van der Waals surface area contributed by atoms with Gasteiger partial charge >= 0.3 is 0 Å². The molecule has 1 aromatic carbocycles. The van der Waals surface area contributed by atoms with Crippen LogP contribution in [0.5, 0.6) is 0 Å². The molecule has 0 radical (unpaired) electrons. The molecule has 1 aliphatic rings. The van der Waals surface area contributed by atoms with Crippen molar-refractivity contribution in [1.29, 1.82) is 0 Å². The zero-order chi connectivity index (χ0) is 16.8. The molecule has 120 valence electrons. The second kappa shape index (κ2) is 5.58. The van der Waals surface area contributed by atoms with E-state index < -0.39 is 6.04 Å². The Bertz CT molecular complexity index is 1130. The lowest BCUT2D eigenvalue weighted by atomic mass is 9.81. The molecule has 0 saturated heterocycles. The first-order valence-corrected chi connectivity index (χ1v) is 9.21. The monoisotopic (exact) mass is 362 g/mol. The summed E-state index contributed by atoms with van der Waals surface area (Å²) < 4.78 is 8.81. The Kier molecular flexibility index (Phi) is 3.23. The van der Waals surface area contributed by atoms with Crippen LogP contribution in [-0.2, 0) is 0 Å². The van der Waals surface area contributed by atoms with Crippen molar-refractivity contribution in [2.75, 3.05) is 0 Å². The van der Waals surface area contributed by atoms with Crippen LogP contribution in [-0.4, -0.2) is 30.7 Å². The molecule has 1 N–H and O–H groups in total. The van der Waals surface area contributed by atoms with Gasteiger partial charge in [-0.3, -0.25) is 5.10 Å². The van der Waals surface area contributed by atoms with Crippen molar-refractivity contribution in [2.24, 2.45) is 4.99 Å². The van der Waals surface area contributed by atoms with Gasteiger partial charge in [0.15, 0.2) is 5.82 Å². The predicted octanol–water partition coefficient (Wildman–Crippen LogP) is 4.03. The van der Waals surface area contributed by atoms with Crippen molar-refractivity contribution in [3.05, 3.63) is 69.3 Å². The van der Waals surface area contributed by atoms with Crippen molar-refractivity contribution < 1.29 is 0 Å². The third-order valence-corrected chi connectivity index (χ3v) is 5.81. The van der Waals surface area contributed by atoms with Crippen molar-refractivity contribution in [3.8, 4) is 0 Å². The standard InChI is InChI=1S/C17H10N6S2/c1-18-16-13(9-4-2-5-11-14(9)23-25-22-11)10-8-19-21-17(10)20-15(16)12-6-3-7-24-12/h2-8,13,16H,(H,19,21). The molecule has 0 aliphatic carbocycles. The zero-order valence-electron chi connectivity index (χ0n) is 12.7. The Morgan fingerprint density at radius 2 is 2.08 bits per heavy atom.